The van der Waals surface area contributed by atoms with E-state index in [9.17, 15) is 5.11 Å². The zero-order chi connectivity index (χ0) is 14.1. The monoisotopic (exact) mass is 357 g/mol. The van der Waals surface area contributed by atoms with Crippen molar-refractivity contribution in [2.75, 3.05) is 0 Å². The van der Waals surface area contributed by atoms with Crippen LogP contribution < -0.4 is 5.11 Å². The van der Waals surface area contributed by atoms with Gasteiger partial charge in [0.1, 0.15) is 0 Å². The Morgan fingerprint density at radius 2 is 1.47 bits per heavy atom. The van der Waals surface area contributed by atoms with Crippen LogP contribution in [0.1, 0.15) is 65.5 Å². The molecule has 0 aromatic heterocycles. The summed E-state index contributed by atoms with van der Waals surface area (Å²) in [7, 11) is 0. The van der Waals surface area contributed by atoms with E-state index in [2.05, 4.69) is 41.5 Å². The first-order valence-electron chi connectivity index (χ1n) is 6.68. The van der Waals surface area contributed by atoms with Gasteiger partial charge in [-0.05, 0) is 34.8 Å². The molecule has 0 aliphatic carbocycles. The second-order valence-electron chi connectivity index (χ2n) is 6.28. The Hall–Kier alpha value is 0.193. The van der Waals surface area contributed by atoms with E-state index in [-0.39, 0.29) is 42.8 Å². The summed E-state index contributed by atoms with van der Waals surface area (Å²) < 4.78 is 0. The van der Waals surface area contributed by atoms with Gasteiger partial charge in [-0.1, -0.05) is 65.3 Å². The Balaban J connectivity index is 0.00000324. The van der Waals surface area contributed by atoms with Gasteiger partial charge in [0.15, 0.2) is 0 Å². The average Bonchev–Trinajstić information content (AvgIpc) is 2.28. The van der Waals surface area contributed by atoms with E-state index in [1.807, 2.05) is 6.07 Å². The fourth-order valence-corrected chi connectivity index (χ4v) is 2.75. The molecule has 19 heavy (non-hydrogen) atoms. The van der Waals surface area contributed by atoms with Crippen molar-refractivity contribution in [1.29, 1.82) is 0 Å². The van der Waals surface area contributed by atoms with E-state index < -0.39 is 0 Å². The normalized spacial score (nSPS) is 12.2. The maximum absolute atomic E-state index is 12.1. The van der Waals surface area contributed by atoms with Gasteiger partial charge >= 0.3 is 26.2 Å². The van der Waals surface area contributed by atoms with Crippen molar-refractivity contribution in [3.63, 3.8) is 0 Å². The van der Waals surface area contributed by atoms with Crippen molar-refractivity contribution in [3.8, 4) is 5.75 Å². The standard InChI is InChI=1S/C16H25ClO.Zr/c1-7-15(3,4)11-9-10-12(18)13(14(11)17)16(5,6)8-2;/h9-10,18H,7-8H2,1-6H3;/q;+1/p-1. The Bertz CT molecular complexity index is 439. The van der Waals surface area contributed by atoms with Crippen LogP contribution in [0.3, 0.4) is 0 Å². The van der Waals surface area contributed by atoms with E-state index in [4.69, 9.17) is 11.6 Å². The molecule has 0 fully saturated rings. The van der Waals surface area contributed by atoms with Crippen molar-refractivity contribution in [1.82, 2.24) is 0 Å². The molecule has 1 aromatic rings. The molecule has 0 unspecified atom stereocenters. The summed E-state index contributed by atoms with van der Waals surface area (Å²) in [6, 6.07) is 3.56. The predicted octanol–water partition coefficient (Wildman–Crippen LogP) is 4.79. The number of hydrogen-bond acceptors (Lipinski definition) is 1. The molecular weight excluding hydrogens is 335 g/mol. The predicted molar refractivity (Wildman–Crippen MR) is 77.5 cm³/mol. The first kappa shape index (κ1) is 19.2. The SMILES string of the molecule is CCC(C)(C)c1ccc([O-])c(C(C)(C)CC)c1Cl.[Zr+]. The number of rotatable bonds is 4. The molecule has 105 valence electrons. The Labute approximate surface area is 141 Å². The van der Waals surface area contributed by atoms with E-state index in [0.29, 0.717) is 5.02 Å². The Morgan fingerprint density at radius 3 is 1.89 bits per heavy atom. The molecule has 0 atom stereocenters. The molecule has 0 saturated heterocycles. The van der Waals surface area contributed by atoms with Crippen LogP contribution in [0.5, 0.6) is 5.75 Å². The Morgan fingerprint density at radius 1 is 1.00 bits per heavy atom. The van der Waals surface area contributed by atoms with E-state index >= 15 is 0 Å². The second kappa shape index (κ2) is 6.77. The van der Waals surface area contributed by atoms with Gasteiger partial charge in [0, 0.05) is 5.02 Å². The van der Waals surface area contributed by atoms with Gasteiger partial charge in [0.2, 0.25) is 0 Å². The molecular formula is C16H24ClOZr. The molecule has 0 bridgehead atoms. The Kier molecular flexibility index (Phi) is 6.83. The molecule has 0 saturated carbocycles. The van der Waals surface area contributed by atoms with Crippen LogP contribution in [-0.4, -0.2) is 0 Å². The first-order chi connectivity index (χ1) is 8.17. The molecule has 0 aliphatic rings. The van der Waals surface area contributed by atoms with Gasteiger partial charge in [0.25, 0.3) is 0 Å². The molecule has 0 spiro atoms. The number of halogens is 1. The summed E-state index contributed by atoms with van der Waals surface area (Å²) in [6.45, 7) is 12.7. The molecule has 0 heterocycles. The molecule has 0 N–H and O–H groups in total. The zero-order valence-electron chi connectivity index (χ0n) is 12.9. The first-order valence-corrected chi connectivity index (χ1v) is 7.05. The van der Waals surface area contributed by atoms with Gasteiger partial charge in [-0.25, -0.2) is 0 Å². The van der Waals surface area contributed by atoms with Crippen molar-refractivity contribution >= 4 is 11.6 Å². The summed E-state index contributed by atoms with van der Waals surface area (Å²) >= 11 is 6.54. The van der Waals surface area contributed by atoms with Gasteiger partial charge in [0.05, 0.1) is 0 Å². The average molecular weight is 359 g/mol. The quantitative estimate of drug-likeness (QED) is 0.759. The smallest absolute Gasteiger partial charge is 0.872 e. The molecule has 1 radical (unpaired) electrons. The minimum Gasteiger partial charge on any atom is -0.872 e. The largest absolute Gasteiger partial charge is 1.00 e. The van der Waals surface area contributed by atoms with Crippen LogP contribution in [0.15, 0.2) is 12.1 Å². The van der Waals surface area contributed by atoms with Crippen molar-refractivity contribution < 1.29 is 31.3 Å². The summed E-state index contributed by atoms with van der Waals surface area (Å²) in [4.78, 5) is 0. The van der Waals surface area contributed by atoms with Crippen LogP contribution in [0.25, 0.3) is 0 Å². The van der Waals surface area contributed by atoms with E-state index in [1.54, 1.807) is 6.07 Å². The van der Waals surface area contributed by atoms with Crippen molar-refractivity contribution in [2.24, 2.45) is 0 Å². The van der Waals surface area contributed by atoms with Gasteiger partial charge in [-0.2, -0.15) is 0 Å². The molecule has 0 amide bonds. The molecule has 3 heteroatoms. The summed E-state index contributed by atoms with van der Waals surface area (Å²) in [5.74, 6) is 0.0579. The summed E-state index contributed by atoms with van der Waals surface area (Å²) in [5, 5.41) is 12.8. The van der Waals surface area contributed by atoms with Crippen LogP contribution >= 0.6 is 11.6 Å². The zero-order valence-corrected chi connectivity index (χ0v) is 16.1. The van der Waals surface area contributed by atoms with E-state index in [0.717, 1.165) is 24.0 Å². The third-order valence-electron chi connectivity index (χ3n) is 4.28. The van der Waals surface area contributed by atoms with Crippen molar-refractivity contribution in [2.45, 2.75) is 65.2 Å². The summed E-state index contributed by atoms with van der Waals surface area (Å²) in [6.07, 6.45) is 1.90. The van der Waals surface area contributed by atoms with Gasteiger partial charge < -0.3 is 5.11 Å². The molecule has 1 nitrogen and oxygen atoms in total. The molecule has 1 aromatic carbocycles. The minimum atomic E-state index is -0.173. The van der Waals surface area contributed by atoms with Crippen molar-refractivity contribution in [3.05, 3.63) is 28.3 Å². The van der Waals surface area contributed by atoms with Crippen LogP contribution in [0.4, 0.5) is 0 Å². The third-order valence-corrected chi connectivity index (χ3v) is 4.67. The van der Waals surface area contributed by atoms with Crippen LogP contribution in [0.2, 0.25) is 5.02 Å². The number of benzene rings is 1. The maximum atomic E-state index is 12.1. The fraction of sp³-hybridized carbons (Fsp3) is 0.625. The fourth-order valence-electron chi connectivity index (χ4n) is 2.08. The topological polar surface area (TPSA) is 23.1 Å². The van der Waals surface area contributed by atoms with Gasteiger partial charge in [-0.3, -0.25) is 0 Å². The van der Waals surface area contributed by atoms with Crippen LogP contribution in [0, 0.1) is 0 Å². The number of hydrogen-bond donors (Lipinski definition) is 0. The summed E-state index contributed by atoms with van der Waals surface area (Å²) in [5.41, 5.74) is 1.69. The minimum absolute atomic E-state index is 0. The second-order valence-corrected chi connectivity index (χ2v) is 6.65. The van der Waals surface area contributed by atoms with E-state index in [1.165, 1.54) is 0 Å². The van der Waals surface area contributed by atoms with Gasteiger partial charge in [-0.15, -0.1) is 5.75 Å². The van der Waals surface area contributed by atoms with Crippen LogP contribution in [-0.2, 0) is 37.0 Å². The molecule has 0 aliphatic heterocycles. The maximum Gasteiger partial charge on any atom is 1.00 e. The third kappa shape index (κ3) is 3.85. The molecule has 1 rings (SSSR count).